The zero-order chi connectivity index (χ0) is 17.4. The lowest BCUT2D eigenvalue weighted by Gasteiger charge is -2.27. The molecule has 130 valence electrons. The minimum atomic E-state index is 0.275. The largest absolute Gasteiger partial charge is 0.497 e. The van der Waals surface area contributed by atoms with Crippen LogP contribution in [0.25, 0.3) is 10.9 Å². The number of H-pyrrole nitrogens is 1. The smallest absolute Gasteiger partial charge is 0.118 e. The molecule has 0 amide bonds. The van der Waals surface area contributed by atoms with Crippen molar-refractivity contribution in [2.24, 2.45) is 0 Å². The molecule has 0 saturated carbocycles. The molecule has 0 saturated heterocycles. The second kappa shape index (κ2) is 6.74. The van der Waals surface area contributed by atoms with E-state index in [1.807, 2.05) is 18.2 Å². The van der Waals surface area contributed by atoms with E-state index in [1.54, 1.807) is 7.11 Å². The number of halogens is 1. The Balaban J connectivity index is 1.61. The number of fused-ring (bicyclic) bond motifs is 3. The molecule has 1 aliphatic carbocycles. The van der Waals surface area contributed by atoms with Gasteiger partial charge in [-0.1, -0.05) is 23.7 Å². The van der Waals surface area contributed by atoms with E-state index in [0.29, 0.717) is 6.04 Å². The molecule has 3 aromatic rings. The van der Waals surface area contributed by atoms with Crippen LogP contribution in [-0.2, 0) is 6.42 Å². The molecule has 1 heterocycles. The van der Waals surface area contributed by atoms with Crippen LogP contribution in [0.4, 0.5) is 0 Å². The Labute approximate surface area is 153 Å². The van der Waals surface area contributed by atoms with E-state index in [2.05, 4.69) is 41.5 Å². The van der Waals surface area contributed by atoms with Crippen molar-refractivity contribution in [3.8, 4) is 5.75 Å². The van der Waals surface area contributed by atoms with Gasteiger partial charge in [0.2, 0.25) is 0 Å². The van der Waals surface area contributed by atoms with Crippen molar-refractivity contribution in [2.45, 2.75) is 38.3 Å². The van der Waals surface area contributed by atoms with Crippen LogP contribution in [-0.4, -0.2) is 12.1 Å². The second-order valence-electron chi connectivity index (χ2n) is 6.81. The number of hydrogen-bond donors (Lipinski definition) is 2. The van der Waals surface area contributed by atoms with Gasteiger partial charge in [-0.2, -0.15) is 0 Å². The fourth-order valence-corrected chi connectivity index (χ4v) is 4.06. The predicted molar refractivity (Wildman–Crippen MR) is 104 cm³/mol. The van der Waals surface area contributed by atoms with Gasteiger partial charge in [0.1, 0.15) is 5.75 Å². The monoisotopic (exact) mass is 354 g/mol. The standard InChI is InChI=1S/C21H23ClN2O/c1-13(14-6-9-16(25-2)10-7-14)23-20-5-3-4-17-18-12-15(22)8-11-19(18)24-21(17)20/h6-13,20,23-24H,3-5H2,1-2H3/t13?,20-/m0/s1. The van der Waals surface area contributed by atoms with Gasteiger partial charge in [-0.15, -0.1) is 0 Å². The van der Waals surface area contributed by atoms with E-state index in [9.17, 15) is 0 Å². The normalized spacial score (nSPS) is 18.1. The quantitative estimate of drug-likeness (QED) is 0.643. The van der Waals surface area contributed by atoms with Crippen LogP contribution < -0.4 is 10.1 Å². The van der Waals surface area contributed by atoms with E-state index in [4.69, 9.17) is 16.3 Å². The van der Waals surface area contributed by atoms with Gasteiger partial charge in [-0.25, -0.2) is 0 Å². The van der Waals surface area contributed by atoms with Crippen molar-refractivity contribution < 1.29 is 4.74 Å². The Kier molecular flexibility index (Phi) is 4.45. The van der Waals surface area contributed by atoms with Gasteiger partial charge in [0, 0.05) is 33.7 Å². The number of ether oxygens (including phenoxy) is 1. The number of aromatic amines is 1. The molecule has 2 aromatic carbocycles. The van der Waals surface area contributed by atoms with E-state index >= 15 is 0 Å². The Morgan fingerprint density at radius 1 is 1.20 bits per heavy atom. The molecule has 2 N–H and O–H groups in total. The van der Waals surface area contributed by atoms with Crippen LogP contribution in [0.3, 0.4) is 0 Å². The predicted octanol–water partition coefficient (Wildman–Crippen LogP) is 5.56. The molecule has 0 radical (unpaired) electrons. The molecule has 0 fully saturated rings. The summed E-state index contributed by atoms with van der Waals surface area (Å²) in [5.74, 6) is 0.892. The van der Waals surface area contributed by atoms with Crippen LogP contribution in [0.1, 0.15) is 48.7 Å². The highest BCUT2D eigenvalue weighted by Crippen LogP contribution is 2.37. The lowest BCUT2D eigenvalue weighted by Crippen LogP contribution is -2.27. The van der Waals surface area contributed by atoms with Crippen molar-refractivity contribution in [1.29, 1.82) is 0 Å². The first-order chi connectivity index (χ1) is 12.2. The molecule has 25 heavy (non-hydrogen) atoms. The average molecular weight is 355 g/mol. The molecule has 1 aliphatic rings. The summed E-state index contributed by atoms with van der Waals surface area (Å²) in [7, 11) is 1.70. The second-order valence-corrected chi connectivity index (χ2v) is 7.25. The number of methoxy groups -OCH3 is 1. The lowest BCUT2D eigenvalue weighted by molar-refractivity contribution is 0.406. The number of aryl methyl sites for hydroxylation is 1. The van der Waals surface area contributed by atoms with Crippen molar-refractivity contribution in [2.75, 3.05) is 7.11 Å². The molecule has 0 spiro atoms. The molecule has 2 atom stereocenters. The molecular formula is C21H23ClN2O. The molecule has 0 aliphatic heterocycles. The summed E-state index contributed by atoms with van der Waals surface area (Å²) in [6.45, 7) is 2.22. The summed E-state index contributed by atoms with van der Waals surface area (Å²) in [6.07, 6.45) is 3.46. The van der Waals surface area contributed by atoms with Crippen molar-refractivity contribution in [1.82, 2.24) is 10.3 Å². The van der Waals surface area contributed by atoms with Gasteiger partial charge < -0.3 is 15.0 Å². The van der Waals surface area contributed by atoms with Gasteiger partial charge in [0.15, 0.2) is 0 Å². The summed E-state index contributed by atoms with van der Waals surface area (Å²) >= 11 is 6.20. The molecule has 4 heteroatoms. The summed E-state index contributed by atoms with van der Waals surface area (Å²) < 4.78 is 5.25. The summed E-state index contributed by atoms with van der Waals surface area (Å²) in [5, 5.41) is 5.87. The molecule has 4 rings (SSSR count). The van der Waals surface area contributed by atoms with Gasteiger partial charge in [-0.05, 0) is 67.6 Å². The topological polar surface area (TPSA) is 37.0 Å². The SMILES string of the molecule is COc1ccc(C(C)N[C@H]2CCCc3c2[nH]c2ccc(Cl)cc32)cc1. The molecule has 0 bridgehead atoms. The van der Waals surface area contributed by atoms with E-state index in [1.165, 1.54) is 34.1 Å². The first-order valence-electron chi connectivity index (χ1n) is 8.85. The third-order valence-corrected chi connectivity index (χ3v) is 5.47. The number of benzene rings is 2. The Bertz CT molecular complexity index is 885. The number of rotatable bonds is 4. The lowest BCUT2D eigenvalue weighted by atomic mass is 9.91. The summed E-state index contributed by atoms with van der Waals surface area (Å²) in [6, 6.07) is 15.0. The first kappa shape index (κ1) is 16.5. The van der Waals surface area contributed by atoms with Crippen molar-refractivity contribution in [3.05, 3.63) is 64.3 Å². The van der Waals surface area contributed by atoms with Crippen molar-refractivity contribution in [3.63, 3.8) is 0 Å². The minimum Gasteiger partial charge on any atom is -0.497 e. The molecule has 1 unspecified atom stereocenters. The fraction of sp³-hybridized carbons (Fsp3) is 0.333. The Morgan fingerprint density at radius 2 is 2.00 bits per heavy atom. The number of hydrogen-bond acceptors (Lipinski definition) is 2. The Hall–Kier alpha value is -1.97. The van der Waals surface area contributed by atoms with Crippen LogP contribution in [0.5, 0.6) is 5.75 Å². The molecule has 3 nitrogen and oxygen atoms in total. The zero-order valence-electron chi connectivity index (χ0n) is 14.6. The van der Waals surface area contributed by atoms with Crippen molar-refractivity contribution >= 4 is 22.5 Å². The first-order valence-corrected chi connectivity index (χ1v) is 9.23. The Morgan fingerprint density at radius 3 is 2.76 bits per heavy atom. The molecule has 1 aromatic heterocycles. The summed E-state index contributed by atoms with van der Waals surface area (Å²) in [4.78, 5) is 3.63. The van der Waals surface area contributed by atoms with Gasteiger partial charge in [-0.3, -0.25) is 0 Å². The number of aromatic nitrogens is 1. The van der Waals surface area contributed by atoms with Crippen LogP contribution in [0.2, 0.25) is 5.02 Å². The average Bonchev–Trinajstić information content (AvgIpc) is 3.01. The van der Waals surface area contributed by atoms with E-state index < -0.39 is 0 Å². The highest BCUT2D eigenvalue weighted by Gasteiger charge is 2.25. The van der Waals surface area contributed by atoms with Gasteiger partial charge in [0.25, 0.3) is 0 Å². The zero-order valence-corrected chi connectivity index (χ0v) is 15.4. The van der Waals surface area contributed by atoms with Crippen LogP contribution in [0, 0.1) is 0 Å². The minimum absolute atomic E-state index is 0.275. The van der Waals surface area contributed by atoms with Gasteiger partial charge in [0.05, 0.1) is 7.11 Å². The van der Waals surface area contributed by atoms with E-state index in [0.717, 1.165) is 23.6 Å². The van der Waals surface area contributed by atoms with Crippen LogP contribution >= 0.6 is 11.6 Å². The third kappa shape index (κ3) is 3.14. The summed E-state index contributed by atoms with van der Waals surface area (Å²) in [5.41, 5.74) is 5.19. The highest BCUT2D eigenvalue weighted by molar-refractivity contribution is 6.31. The fourth-order valence-electron chi connectivity index (χ4n) is 3.89. The maximum absolute atomic E-state index is 6.20. The maximum atomic E-state index is 6.20. The maximum Gasteiger partial charge on any atom is 0.118 e. The van der Waals surface area contributed by atoms with E-state index in [-0.39, 0.29) is 6.04 Å². The molecular weight excluding hydrogens is 332 g/mol. The highest BCUT2D eigenvalue weighted by atomic mass is 35.5. The third-order valence-electron chi connectivity index (χ3n) is 5.24. The number of nitrogens with one attached hydrogen (secondary N) is 2. The van der Waals surface area contributed by atoms with Gasteiger partial charge >= 0.3 is 0 Å². The van der Waals surface area contributed by atoms with Crippen LogP contribution in [0.15, 0.2) is 42.5 Å².